The number of amides is 1. The Balaban J connectivity index is 2.03. The molecule has 1 aliphatic rings. The number of rotatable bonds is 2. The van der Waals surface area contributed by atoms with Gasteiger partial charge in [-0.15, -0.1) is 0 Å². The number of hydrogen-bond donors (Lipinski definition) is 1. The lowest BCUT2D eigenvalue weighted by Crippen LogP contribution is -2.25. The fraction of sp³-hybridized carbons (Fsp3) is 0.0667. The minimum atomic E-state index is -0.474. The highest BCUT2D eigenvalue weighted by molar-refractivity contribution is 9.10. The summed E-state index contributed by atoms with van der Waals surface area (Å²) in [6, 6.07) is 8.60. The number of hydrogen-bond acceptors (Lipinski definition) is 3. The highest BCUT2D eigenvalue weighted by Crippen LogP contribution is 2.34. The van der Waals surface area contributed by atoms with Gasteiger partial charge in [0.05, 0.1) is 5.69 Å². The number of halogens is 2. The van der Waals surface area contributed by atoms with E-state index in [0.717, 1.165) is 0 Å². The van der Waals surface area contributed by atoms with E-state index in [9.17, 15) is 14.0 Å². The topological polar surface area (TPSA) is 55.4 Å². The largest absolute Gasteiger partial charge is 0.482 e. The molecule has 0 aliphatic carbocycles. The standard InChI is InChI=1S/C15H9BrFNO3/c16-11-6-12-13(21-7-14(19)18-12)5-10(11)15(20)8-2-1-3-9(17)4-8/h1-6H,7H2,(H,18,19). The van der Waals surface area contributed by atoms with Crippen molar-refractivity contribution in [2.45, 2.75) is 0 Å². The molecule has 0 aromatic heterocycles. The van der Waals surface area contributed by atoms with Crippen LogP contribution < -0.4 is 10.1 Å². The smallest absolute Gasteiger partial charge is 0.262 e. The van der Waals surface area contributed by atoms with E-state index in [2.05, 4.69) is 21.2 Å². The molecular formula is C15H9BrFNO3. The zero-order valence-electron chi connectivity index (χ0n) is 10.7. The van der Waals surface area contributed by atoms with Crippen LogP contribution in [0.1, 0.15) is 15.9 Å². The third kappa shape index (κ3) is 2.67. The van der Waals surface area contributed by atoms with Crippen LogP contribution in [-0.2, 0) is 4.79 Å². The quantitative estimate of drug-likeness (QED) is 0.847. The Bertz CT molecular complexity index is 761. The number of ketones is 1. The van der Waals surface area contributed by atoms with Crippen LogP contribution in [0.3, 0.4) is 0 Å². The summed E-state index contributed by atoms with van der Waals surface area (Å²) in [7, 11) is 0. The van der Waals surface area contributed by atoms with Crippen molar-refractivity contribution in [1.82, 2.24) is 0 Å². The predicted octanol–water partition coefficient (Wildman–Crippen LogP) is 3.15. The van der Waals surface area contributed by atoms with Crippen molar-refractivity contribution in [3.63, 3.8) is 0 Å². The molecule has 0 fully saturated rings. The molecule has 0 radical (unpaired) electrons. The zero-order valence-corrected chi connectivity index (χ0v) is 12.2. The van der Waals surface area contributed by atoms with E-state index in [0.29, 0.717) is 21.5 Å². The van der Waals surface area contributed by atoms with E-state index < -0.39 is 5.82 Å². The molecule has 0 unspecified atom stereocenters. The first kappa shape index (κ1) is 13.8. The van der Waals surface area contributed by atoms with Gasteiger partial charge < -0.3 is 10.1 Å². The highest BCUT2D eigenvalue weighted by Gasteiger charge is 2.21. The SMILES string of the molecule is O=C1COc2cc(C(=O)c3cccc(F)c3)c(Br)cc2N1. The number of ether oxygens (including phenoxy) is 1. The molecule has 2 aromatic rings. The Morgan fingerprint density at radius 3 is 2.86 bits per heavy atom. The third-order valence-corrected chi connectivity index (χ3v) is 3.69. The van der Waals surface area contributed by atoms with Crippen LogP contribution in [0.25, 0.3) is 0 Å². The summed E-state index contributed by atoms with van der Waals surface area (Å²) in [5, 5.41) is 2.65. The molecule has 2 aromatic carbocycles. The Labute approximate surface area is 128 Å². The van der Waals surface area contributed by atoms with E-state index in [-0.39, 0.29) is 23.9 Å². The van der Waals surface area contributed by atoms with E-state index in [1.807, 2.05) is 0 Å². The lowest BCUT2D eigenvalue weighted by atomic mass is 10.0. The van der Waals surface area contributed by atoms with Gasteiger partial charge in [0.2, 0.25) is 0 Å². The second kappa shape index (κ2) is 5.29. The molecule has 106 valence electrons. The average molecular weight is 350 g/mol. The maximum atomic E-state index is 13.2. The molecule has 1 heterocycles. The van der Waals surface area contributed by atoms with Crippen molar-refractivity contribution in [3.8, 4) is 5.75 Å². The molecule has 1 aliphatic heterocycles. The molecule has 3 rings (SSSR count). The number of nitrogens with one attached hydrogen (secondary N) is 1. The normalized spacial score (nSPS) is 13.1. The number of anilines is 1. The summed E-state index contributed by atoms with van der Waals surface area (Å²) >= 11 is 3.29. The minimum Gasteiger partial charge on any atom is -0.482 e. The zero-order chi connectivity index (χ0) is 15.0. The lowest BCUT2D eigenvalue weighted by molar-refractivity contribution is -0.118. The molecule has 0 saturated carbocycles. The third-order valence-electron chi connectivity index (χ3n) is 3.03. The lowest BCUT2D eigenvalue weighted by Gasteiger charge is -2.19. The Morgan fingerprint density at radius 1 is 1.29 bits per heavy atom. The fourth-order valence-corrected chi connectivity index (χ4v) is 2.58. The van der Waals surface area contributed by atoms with E-state index >= 15 is 0 Å². The molecule has 21 heavy (non-hydrogen) atoms. The Hall–Kier alpha value is -2.21. The number of fused-ring (bicyclic) bond motifs is 1. The molecule has 0 saturated heterocycles. The monoisotopic (exact) mass is 349 g/mol. The van der Waals surface area contributed by atoms with Gasteiger partial charge in [0.15, 0.2) is 12.4 Å². The van der Waals surface area contributed by atoms with Gasteiger partial charge in [-0.05, 0) is 40.2 Å². The van der Waals surface area contributed by atoms with Crippen molar-refractivity contribution in [1.29, 1.82) is 0 Å². The summed E-state index contributed by atoms with van der Waals surface area (Å²) < 4.78 is 19.0. The van der Waals surface area contributed by atoms with Crippen LogP contribution in [0.4, 0.5) is 10.1 Å². The molecule has 6 heteroatoms. The molecule has 1 N–H and O–H groups in total. The van der Waals surface area contributed by atoms with Gasteiger partial charge in [-0.3, -0.25) is 9.59 Å². The van der Waals surface area contributed by atoms with Crippen LogP contribution in [0, 0.1) is 5.82 Å². The van der Waals surface area contributed by atoms with Crippen LogP contribution in [0.15, 0.2) is 40.9 Å². The first-order valence-electron chi connectivity index (χ1n) is 6.11. The molecule has 0 atom stereocenters. The van der Waals surface area contributed by atoms with Crippen molar-refractivity contribution >= 4 is 33.3 Å². The molecular weight excluding hydrogens is 341 g/mol. The van der Waals surface area contributed by atoms with Crippen molar-refractivity contribution in [2.24, 2.45) is 0 Å². The van der Waals surface area contributed by atoms with Crippen molar-refractivity contribution in [2.75, 3.05) is 11.9 Å². The first-order valence-corrected chi connectivity index (χ1v) is 6.90. The van der Waals surface area contributed by atoms with Gasteiger partial charge in [-0.25, -0.2) is 4.39 Å². The number of carbonyl (C=O) groups excluding carboxylic acids is 2. The second-order valence-corrected chi connectivity index (χ2v) is 5.36. The fourth-order valence-electron chi connectivity index (χ4n) is 2.06. The van der Waals surface area contributed by atoms with Gasteiger partial charge >= 0.3 is 0 Å². The van der Waals surface area contributed by atoms with Gasteiger partial charge in [-0.2, -0.15) is 0 Å². The van der Waals surface area contributed by atoms with Gasteiger partial charge in [0, 0.05) is 15.6 Å². The molecule has 4 nitrogen and oxygen atoms in total. The second-order valence-electron chi connectivity index (χ2n) is 4.50. The number of carbonyl (C=O) groups is 2. The van der Waals surface area contributed by atoms with Gasteiger partial charge in [0.1, 0.15) is 11.6 Å². The number of benzene rings is 2. The molecule has 1 amide bonds. The first-order chi connectivity index (χ1) is 10.0. The average Bonchev–Trinajstić information content (AvgIpc) is 2.45. The summed E-state index contributed by atoms with van der Waals surface area (Å²) in [5.74, 6) is -0.640. The predicted molar refractivity (Wildman–Crippen MR) is 78.1 cm³/mol. The summed E-state index contributed by atoms with van der Waals surface area (Å²) in [6.45, 7) is -0.0950. The maximum Gasteiger partial charge on any atom is 0.262 e. The van der Waals surface area contributed by atoms with E-state index in [1.54, 1.807) is 12.1 Å². The Morgan fingerprint density at radius 2 is 2.10 bits per heavy atom. The summed E-state index contributed by atoms with van der Waals surface area (Å²) in [6.07, 6.45) is 0. The van der Waals surface area contributed by atoms with Gasteiger partial charge in [-0.1, -0.05) is 12.1 Å². The highest BCUT2D eigenvalue weighted by atomic mass is 79.9. The van der Waals surface area contributed by atoms with E-state index in [4.69, 9.17) is 4.74 Å². The molecule has 0 bridgehead atoms. The van der Waals surface area contributed by atoms with E-state index in [1.165, 1.54) is 24.3 Å². The van der Waals surface area contributed by atoms with Crippen LogP contribution in [-0.4, -0.2) is 18.3 Å². The summed E-state index contributed by atoms with van der Waals surface area (Å²) in [4.78, 5) is 23.7. The van der Waals surface area contributed by atoms with Crippen LogP contribution in [0.5, 0.6) is 5.75 Å². The van der Waals surface area contributed by atoms with Gasteiger partial charge in [0.25, 0.3) is 5.91 Å². The minimum absolute atomic E-state index is 0.0950. The maximum absolute atomic E-state index is 13.2. The van der Waals surface area contributed by atoms with Crippen molar-refractivity contribution < 1.29 is 18.7 Å². The van der Waals surface area contributed by atoms with Crippen molar-refractivity contribution in [3.05, 3.63) is 57.8 Å². The van der Waals surface area contributed by atoms with Crippen LogP contribution in [0.2, 0.25) is 0 Å². The van der Waals surface area contributed by atoms with Crippen LogP contribution >= 0.6 is 15.9 Å². The summed E-state index contributed by atoms with van der Waals surface area (Å²) in [5.41, 5.74) is 1.08. The Kier molecular flexibility index (Phi) is 3.47. The molecule has 0 spiro atoms.